The molecule has 2 amide bonds. The molecule has 1 aromatic rings. The highest BCUT2D eigenvalue weighted by molar-refractivity contribution is 5.94. The highest BCUT2D eigenvalue weighted by Gasteiger charge is 2.22. The van der Waals surface area contributed by atoms with Crippen LogP contribution in [0.5, 0.6) is 0 Å². The summed E-state index contributed by atoms with van der Waals surface area (Å²) in [6.07, 6.45) is 3.72. The van der Waals surface area contributed by atoms with Gasteiger partial charge in [-0.3, -0.25) is 14.4 Å². The van der Waals surface area contributed by atoms with Crippen LogP contribution in [0.1, 0.15) is 29.6 Å². The molecule has 0 spiro atoms. The maximum atomic E-state index is 11.6. The quantitative estimate of drug-likeness (QED) is 0.673. The zero-order chi connectivity index (χ0) is 13.0. The Labute approximate surface area is 104 Å². The molecule has 1 saturated carbocycles. The number of carbonyl (C=O) groups is 2. The van der Waals surface area contributed by atoms with Gasteiger partial charge in [-0.2, -0.15) is 0 Å². The van der Waals surface area contributed by atoms with Gasteiger partial charge in [0.15, 0.2) is 0 Å². The van der Waals surface area contributed by atoms with E-state index in [1.807, 2.05) is 0 Å². The van der Waals surface area contributed by atoms with Gasteiger partial charge >= 0.3 is 0 Å². The Morgan fingerprint density at radius 2 is 2.11 bits per heavy atom. The SMILES string of the molecule is O=C(CCNC(=O)c1ccc(=O)[nH]c1)NC1CC1. The average Bonchev–Trinajstić information content (AvgIpc) is 3.13. The van der Waals surface area contributed by atoms with E-state index in [4.69, 9.17) is 0 Å². The summed E-state index contributed by atoms with van der Waals surface area (Å²) in [6.45, 7) is 0.288. The van der Waals surface area contributed by atoms with E-state index in [1.54, 1.807) is 0 Å². The van der Waals surface area contributed by atoms with E-state index in [9.17, 15) is 14.4 Å². The number of H-pyrrole nitrogens is 1. The Morgan fingerprint density at radius 1 is 1.33 bits per heavy atom. The zero-order valence-corrected chi connectivity index (χ0v) is 9.86. The highest BCUT2D eigenvalue weighted by Crippen LogP contribution is 2.18. The third kappa shape index (κ3) is 3.73. The molecule has 1 aliphatic rings. The number of pyridine rings is 1. The van der Waals surface area contributed by atoms with E-state index in [1.165, 1.54) is 18.3 Å². The van der Waals surface area contributed by atoms with E-state index < -0.39 is 0 Å². The third-order valence-electron chi connectivity index (χ3n) is 2.63. The van der Waals surface area contributed by atoms with Gasteiger partial charge in [-0.05, 0) is 18.9 Å². The number of nitrogens with one attached hydrogen (secondary N) is 3. The molecule has 96 valence electrons. The fourth-order valence-electron chi connectivity index (χ4n) is 1.47. The number of aromatic amines is 1. The van der Waals surface area contributed by atoms with Crippen molar-refractivity contribution in [3.63, 3.8) is 0 Å². The molecular weight excluding hydrogens is 234 g/mol. The van der Waals surface area contributed by atoms with Gasteiger partial charge in [-0.1, -0.05) is 0 Å². The summed E-state index contributed by atoms with van der Waals surface area (Å²) in [4.78, 5) is 36.2. The van der Waals surface area contributed by atoms with Crippen molar-refractivity contribution in [3.05, 3.63) is 34.2 Å². The molecule has 6 heteroatoms. The number of rotatable bonds is 5. The lowest BCUT2D eigenvalue weighted by Crippen LogP contribution is -2.31. The summed E-state index contributed by atoms with van der Waals surface area (Å²) in [5.41, 5.74) is 0.118. The molecule has 1 heterocycles. The second kappa shape index (κ2) is 5.48. The van der Waals surface area contributed by atoms with Crippen LogP contribution < -0.4 is 16.2 Å². The summed E-state index contributed by atoms with van der Waals surface area (Å²) < 4.78 is 0. The van der Waals surface area contributed by atoms with Gasteiger partial charge < -0.3 is 15.6 Å². The minimum absolute atomic E-state index is 0.0423. The van der Waals surface area contributed by atoms with Crippen LogP contribution in [0.3, 0.4) is 0 Å². The van der Waals surface area contributed by atoms with Crippen molar-refractivity contribution in [2.45, 2.75) is 25.3 Å². The molecule has 0 radical (unpaired) electrons. The van der Waals surface area contributed by atoms with E-state index >= 15 is 0 Å². The van der Waals surface area contributed by atoms with Crippen LogP contribution in [0.2, 0.25) is 0 Å². The molecule has 0 saturated heterocycles. The first-order valence-corrected chi connectivity index (χ1v) is 5.91. The average molecular weight is 249 g/mol. The maximum absolute atomic E-state index is 11.6. The molecule has 0 aliphatic heterocycles. The van der Waals surface area contributed by atoms with Crippen LogP contribution in [0, 0.1) is 0 Å². The smallest absolute Gasteiger partial charge is 0.252 e. The van der Waals surface area contributed by atoms with Gasteiger partial charge in [0.2, 0.25) is 11.5 Å². The predicted molar refractivity (Wildman–Crippen MR) is 65.2 cm³/mol. The zero-order valence-electron chi connectivity index (χ0n) is 9.86. The largest absolute Gasteiger partial charge is 0.353 e. The Kier molecular flexibility index (Phi) is 3.76. The number of hydrogen-bond acceptors (Lipinski definition) is 3. The number of carbonyl (C=O) groups excluding carboxylic acids is 2. The third-order valence-corrected chi connectivity index (χ3v) is 2.63. The van der Waals surface area contributed by atoms with Gasteiger partial charge in [0.25, 0.3) is 5.91 Å². The lowest BCUT2D eigenvalue weighted by Gasteiger charge is -2.05. The van der Waals surface area contributed by atoms with Crippen molar-refractivity contribution in [1.82, 2.24) is 15.6 Å². The van der Waals surface area contributed by atoms with Crippen LogP contribution in [-0.4, -0.2) is 29.4 Å². The molecule has 0 bridgehead atoms. The van der Waals surface area contributed by atoms with Crippen molar-refractivity contribution in [2.75, 3.05) is 6.54 Å². The Bertz CT molecular complexity index is 485. The molecule has 0 unspecified atom stereocenters. The van der Waals surface area contributed by atoms with Crippen molar-refractivity contribution < 1.29 is 9.59 Å². The van der Waals surface area contributed by atoms with Crippen LogP contribution in [0.15, 0.2) is 23.1 Å². The van der Waals surface area contributed by atoms with Gasteiger partial charge in [0, 0.05) is 31.3 Å². The van der Waals surface area contributed by atoms with Gasteiger partial charge in [0.1, 0.15) is 0 Å². The number of hydrogen-bond donors (Lipinski definition) is 3. The van der Waals surface area contributed by atoms with Crippen molar-refractivity contribution in [1.29, 1.82) is 0 Å². The Balaban J connectivity index is 1.72. The van der Waals surface area contributed by atoms with E-state index in [0.717, 1.165) is 12.8 Å². The second-order valence-corrected chi connectivity index (χ2v) is 4.29. The molecular formula is C12H15N3O3. The fraction of sp³-hybridized carbons (Fsp3) is 0.417. The van der Waals surface area contributed by atoms with E-state index in [-0.39, 0.29) is 30.3 Å². The van der Waals surface area contributed by atoms with Crippen LogP contribution in [-0.2, 0) is 4.79 Å². The monoisotopic (exact) mass is 249 g/mol. The lowest BCUT2D eigenvalue weighted by atomic mass is 10.2. The van der Waals surface area contributed by atoms with Gasteiger partial charge in [-0.25, -0.2) is 0 Å². The second-order valence-electron chi connectivity index (χ2n) is 4.29. The first-order valence-electron chi connectivity index (χ1n) is 5.91. The molecule has 1 aromatic heterocycles. The number of amides is 2. The molecule has 0 aromatic carbocycles. The highest BCUT2D eigenvalue weighted by atomic mass is 16.2. The molecule has 3 N–H and O–H groups in total. The Morgan fingerprint density at radius 3 is 2.72 bits per heavy atom. The molecule has 18 heavy (non-hydrogen) atoms. The summed E-state index contributed by atoms with van der Waals surface area (Å²) in [6, 6.07) is 3.07. The van der Waals surface area contributed by atoms with Gasteiger partial charge in [-0.15, -0.1) is 0 Å². The standard InChI is InChI=1S/C12H15N3O3/c16-10-4-1-8(7-14-10)12(18)13-6-5-11(17)15-9-2-3-9/h1,4,7,9H,2-3,5-6H2,(H,13,18)(H,14,16)(H,15,17). The first-order chi connectivity index (χ1) is 8.65. The molecule has 6 nitrogen and oxygen atoms in total. The summed E-state index contributed by atoms with van der Waals surface area (Å²) in [5.74, 6) is -0.343. The molecule has 2 rings (SSSR count). The summed E-state index contributed by atoms with van der Waals surface area (Å²) >= 11 is 0. The predicted octanol–water partition coefficient (Wildman–Crippen LogP) is -0.227. The van der Waals surface area contributed by atoms with Crippen LogP contribution >= 0.6 is 0 Å². The van der Waals surface area contributed by atoms with E-state index in [2.05, 4.69) is 15.6 Å². The lowest BCUT2D eigenvalue weighted by molar-refractivity contribution is -0.121. The van der Waals surface area contributed by atoms with Crippen molar-refractivity contribution >= 4 is 11.8 Å². The number of aromatic nitrogens is 1. The topological polar surface area (TPSA) is 91.1 Å². The minimum atomic E-state index is -0.300. The molecule has 0 atom stereocenters. The van der Waals surface area contributed by atoms with Crippen molar-refractivity contribution in [2.24, 2.45) is 0 Å². The fourth-order valence-corrected chi connectivity index (χ4v) is 1.47. The van der Waals surface area contributed by atoms with Gasteiger partial charge in [0.05, 0.1) is 5.56 Å². The summed E-state index contributed by atoms with van der Waals surface area (Å²) in [5, 5.41) is 5.46. The summed E-state index contributed by atoms with van der Waals surface area (Å²) in [7, 11) is 0. The first kappa shape index (κ1) is 12.3. The van der Waals surface area contributed by atoms with Crippen LogP contribution in [0.4, 0.5) is 0 Å². The normalized spacial score (nSPS) is 14.0. The van der Waals surface area contributed by atoms with E-state index in [0.29, 0.717) is 11.6 Å². The molecule has 1 fully saturated rings. The molecule has 1 aliphatic carbocycles. The maximum Gasteiger partial charge on any atom is 0.252 e. The minimum Gasteiger partial charge on any atom is -0.353 e. The van der Waals surface area contributed by atoms with Crippen molar-refractivity contribution in [3.8, 4) is 0 Å². The van der Waals surface area contributed by atoms with Crippen LogP contribution in [0.25, 0.3) is 0 Å². The Hall–Kier alpha value is -2.11.